The van der Waals surface area contributed by atoms with Gasteiger partial charge in [-0.05, 0) is 77.9 Å². The van der Waals surface area contributed by atoms with Gasteiger partial charge in [-0.2, -0.15) is 0 Å². The van der Waals surface area contributed by atoms with Crippen molar-refractivity contribution in [1.29, 1.82) is 0 Å². The summed E-state index contributed by atoms with van der Waals surface area (Å²) in [6.07, 6.45) is 0. The lowest BCUT2D eigenvalue weighted by molar-refractivity contribution is -0.194. The molecular formula is C42H54O21P3-3. The average molecular weight is 988 g/mol. The quantitative estimate of drug-likeness (QED) is 0.0842. The number of hydrogen-bond donors (Lipinski definition) is 0. The van der Waals surface area contributed by atoms with Gasteiger partial charge in [-0.15, -0.1) is 0 Å². The van der Waals surface area contributed by atoms with Gasteiger partial charge in [0.25, 0.3) is 0 Å². The second kappa shape index (κ2) is 25.8. The normalized spacial score (nSPS) is 16.0. The van der Waals surface area contributed by atoms with E-state index in [0.717, 1.165) is 0 Å². The van der Waals surface area contributed by atoms with Crippen molar-refractivity contribution < 1.29 is 99.0 Å². The third kappa shape index (κ3) is 15.4. The van der Waals surface area contributed by atoms with E-state index in [4.69, 9.17) is 56.2 Å². The van der Waals surface area contributed by atoms with Crippen LogP contribution in [0.5, 0.6) is 17.2 Å². The van der Waals surface area contributed by atoms with E-state index in [1.807, 2.05) is 0 Å². The van der Waals surface area contributed by atoms with Gasteiger partial charge >= 0.3 is 17.9 Å². The lowest BCUT2D eigenvalue weighted by atomic mass is 10.1. The first-order valence-corrected chi connectivity index (χ1v) is 25.5. The van der Waals surface area contributed by atoms with Crippen molar-refractivity contribution in [1.82, 2.24) is 0 Å². The predicted molar refractivity (Wildman–Crippen MR) is 228 cm³/mol. The SMILES string of the molecule is CCOC(=O)COc1c2cc(P(=O)([O-])OCC)cc1COCc1cc(P(=O)([O-])OCC)cc(c1OCC(=O)OCC)COCc1cc(P(=O)([O-])OCC)cc(c1OCC(=O)OCC)COC2. The van der Waals surface area contributed by atoms with Gasteiger partial charge < -0.3 is 84.6 Å². The van der Waals surface area contributed by atoms with E-state index in [9.17, 15) is 42.8 Å². The zero-order valence-corrected chi connectivity index (χ0v) is 40.2. The Balaban J connectivity index is 2.06. The Kier molecular flexibility index (Phi) is 21.3. The topological polar surface area (TPSA) is 282 Å². The molecule has 3 aromatic rings. The van der Waals surface area contributed by atoms with E-state index in [1.165, 1.54) is 57.2 Å². The fraction of sp³-hybridized carbons (Fsp3) is 0.500. The van der Waals surface area contributed by atoms with Gasteiger partial charge in [0.1, 0.15) is 17.2 Å². The van der Waals surface area contributed by atoms with Crippen molar-refractivity contribution in [2.75, 3.05) is 59.5 Å². The standard InChI is InChI=1S/C42H57O21P3/c1-7-55-37(43)25-58-40-28-13-34(64(46,47)61-10-4)14-29(40)20-53-22-31-16-36(66(50,51)63-12-6)18-33(42(31)60-27-39(45)57-9-3)24-54-23-32-17-35(65(48,49)62-11-5)15-30(21-52-19-28)41(32)59-26-38(44)56-8-2/h13-18H,7-12,19-27H2,1-6H3,(H,46,47)(H,48,49)(H,50,51)/p-3. The van der Waals surface area contributed by atoms with Crippen LogP contribution in [-0.4, -0.2) is 77.4 Å². The van der Waals surface area contributed by atoms with Gasteiger partial charge in [0.15, 0.2) is 42.6 Å². The number of benzene rings is 3. The highest BCUT2D eigenvalue weighted by molar-refractivity contribution is 7.60. The van der Waals surface area contributed by atoms with E-state index in [0.29, 0.717) is 0 Å². The lowest BCUT2D eigenvalue weighted by Crippen LogP contribution is -2.23. The molecule has 3 atom stereocenters. The third-order valence-electron chi connectivity index (χ3n) is 8.99. The fourth-order valence-corrected chi connectivity index (χ4v) is 9.78. The average Bonchev–Trinajstić information content (AvgIpc) is 3.24. The van der Waals surface area contributed by atoms with Crippen LogP contribution in [0.1, 0.15) is 74.9 Å². The molecule has 0 saturated heterocycles. The summed E-state index contributed by atoms with van der Waals surface area (Å²) in [5.41, 5.74) is 0.314. The van der Waals surface area contributed by atoms with Crippen LogP contribution in [0.25, 0.3) is 0 Å². The first-order valence-electron chi connectivity index (χ1n) is 20.9. The predicted octanol–water partition coefficient (Wildman–Crippen LogP) is 2.62. The summed E-state index contributed by atoms with van der Waals surface area (Å²) in [5, 5.41) is -1.01. The monoisotopic (exact) mass is 987 g/mol. The minimum Gasteiger partial charge on any atom is -0.775 e. The number of hydrogen-bond acceptors (Lipinski definition) is 21. The van der Waals surface area contributed by atoms with Crippen molar-refractivity contribution in [2.24, 2.45) is 0 Å². The minimum absolute atomic E-state index is 0.0221. The summed E-state index contributed by atoms with van der Waals surface area (Å²) in [6, 6.07) is 7.23. The van der Waals surface area contributed by atoms with E-state index in [2.05, 4.69) is 0 Å². The molecule has 3 aromatic carbocycles. The van der Waals surface area contributed by atoms with Gasteiger partial charge in [-0.3, -0.25) is 0 Å². The van der Waals surface area contributed by atoms with Crippen LogP contribution in [0, 0.1) is 0 Å². The van der Waals surface area contributed by atoms with Crippen LogP contribution >= 0.6 is 22.8 Å². The Morgan fingerprint density at radius 2 is 0.636 bits per heavy atom. The van der Waals surface area contributed by atoms with Gasteiger partial charge in [0, 0.05) is 49.3 Å². The molecule has 366 valence electrons. The molecule has 0 aromatic heterocycles. The molecule has 1 aliphatic heterocycles. The maximum absolute atomic E-state index is 13.5. The minimum atomic E-state index is -4.79. The number of esters is 3. The number of carbonyl (C=O) groups is 3. The van der Waals surface area contributed by atoms with Crippen LogP contribution < -0.4 is 44.8 Å². The van der Waals surface area contributed by atoms with Crippen molar-refractivity contribution in [2.45, 2.75) is 81.2 Å². The Morgan fingerprint density at radius 1 is 0.424 bits per heavy atom. The van der Waals surface area contributed by atoms with Crippen molar-refractivity contribution >= 4 is 56.6 Å². The second-order valence-corrected chi connectivity index (χ2v) is 19.1. The first kappa shape index (κ1) is 54.4. The Labute approximate surface area is 382 Å². The number of ether oxygens (including phenoxy) is 9. The van der Waals surface area contributed by atoms with Crippen molar-refractivity contribution in [3.05, 3.63) is 69.8 Å². The molecule has 3 unspecified atom stereocenters. The summed E-state index contributed by atoms with van der Waals surface area (Å²) in [5.74, 6) is -2.52. The molecule has 0 aliphatic carbocycles. The maximum atomic E-state index is 13.5. The molecule has 0 saturated carbocycles. The van der Waals surface area contributed by atoms with Crippen molar-refractivity contribution in [3.8, 4) is 17.2 Å². The van der Waals surface area contributed by atoms with E-state index < -0.39 is 100 Å². The van der Waals surface area contributed by atoms with Crippen molar-refractivity contribution in [3.63, 3.8) is 0 Å². The smallest absolute Gasteiger partial charge is 0.344 e. The van der Waals surface area contributed by atoms with Crippen LogP contribution in [0.2, 0.25) is 0 Å². The molecule has 0 fully saturated rings. The number of carbonyl (C=O) groups excluding carboxylic acids is 3. The molecule has 24 heteroatoms. The second-order valence-electron chi connectivity index (χ2n) is 13.8. The highest BCUT2D eigenvalue weighted by Crippen LogP contribution is 2.42. The maximum Gasteiger partial charge on any atom is 0.344 e. The zero-order valence-electron chi connectivity index (χ0n) is 37.5. The first-order chi connectivity index (χ1) is 31.4. The molecule has 66 heavy (non-hydrogen) atoms. The van der Waals surface area contributed by atoms with Gasteiger partial charge in [-0.1, -0.05) is 0 Å². The molecular weight excluding hydrogens is 933 g/mol. The molecule has 21 nitrogen and oxygen atoms in total. The summed E-state index contributed by atoms with van der Waals surface area (Å²) < 4.78 is 107. The fourth-order valence-electron chi connectivity index (χ4n) is 6.43. The zero-order chi connectivity index (χ0) is 48.5. The largest absolute Gasteiger partial charge is 0.775 e. The van der Waals surface area contributed by atoms with Crippen LogP contribution in [0.15, 0.2) is 36.4 Å². The molecule has 0 N–H and O–H groups in total. The number of fused-ring (bicyclic) bond motifs is 6. The van der Waals surface area contributed by atoms with E-state index in [-0.39, 0.29) is 106 Å². The highest BCUT2D eigenvalue weighted by Gasteiger charge is 2.26. The molecule has 6 bridgehead atoms. The summed E-state index contributed by atoms with van der Waals surface area (Å²) in [7, 11) is -14.4. The highest BCUT2D eigenvalue weighted by atomic mass is 31.2. The van der Waals surface area contributed by atoms with Crippen LogP contribution in [-0.2, 0) is 110 Å². The van der Waals surface area contributed by atoms with E-state index in [1.54, 1.807) is 20.8 Å². The Morgan fingerprint density at radius 3 is 0.818 bits per heavy atom. The summed E-state index contributed by atoms with van der Waals surface area (Å²) in [6.45, 7) is 3.95. The van der Waals surface area contributed by atoms with Gasteiger partial charge in [-0.25, -0.2) is 14.4 Å². The molecule has 1 aliphatic rings. The summed E-state index contributed by atoms with van der Waals surface area (Å²) in [4.78, 5) is 78.2. The Hall–Kier alpha value is -4.20. The molecule has 0 spiro atoms. The van der Waals surface area contributed by atoms with Crippen LogP contribution in [0.3, 0.4) is 0 Å². The van der Waals surface area contributed by atoms with E-state index >= 15 is 0 Å². The molecule has 0 radical (unpaired) electrons. The number of rotatable bonds is 21. The summed E-state index contributed by atoms with van der Waals surface area (Å²) >= 11 is 0. The van der Waals surface area contributed by atoms with Crippen LogP contribution in [0.4, 0.5) is 0 Å². The van der Waals surface area contributed by atoms with Gasteiger partial charge in [0.2, 0.25) is 0 Å². The molecule has 1 heterocycles. The lowest BCUT2D eigenvalue weighted by Gasteiger charge is -2.27. The van der Waals surface area contributed by atoms with Gasteiger partial charge in [0.05, 0.1) is 79.3 Å². The molecule has 4 rings (SSSR count). The molecule has 0 amide bonds. The Bertz CT molecular complexity index is 1970. The third-order valence-corrected chi connectivity index (χ3v) is 13.5.